The third kappa shape index (κ3) is 2.04. The van der Waals surface area contributed by atoms with Gasteiger partial charge < -0.3 is 9.67 Å². The van der Waals surface area contributed by atoms with Gasteiger partial charge in [0, 0.05) is 12.0 Å². The van der Waals surface area contributed by atoms with E-state index in [1.165, 1.54) is 44.6 Å². The van der Waals surface area contributed by atoms with Crippen LogP contribution in [-0.4, -0.2) is 25.7 Å². The first-order chi connectivity index (χ1) is 12.6. The van der Waals surface area contributed by atoms with Gasteiger partial charge in [0.05, 0.1) is 36.1 Å². The summed E-state index contributed by atoms with van der Waals surface area (Å²) in [4.78, 5) is 8.47. The Labute approximate surface area is 152 Å². The minimum absolute atomic E-state index is 0.0750. The molecule has 2 aromatic rings. The lowest BCUT2D eigenvalue weighted by Crippen LogP contribution is -2.52. The summed E-state index contributed by atoms with van der Waals surface area (Å²) >= 11 is 0. The summed E-state index contributed by atoms with van der Waals surface area (Å²) in [7, 11) is 0. The maximum Gasteiger partial charge on any atom is 0.213 e. The number of aromatic nitrogens is 3. The Balaban J connectivity index is 1.34. The summed E-state index contributed by atoms with van der Waals surface area (Å²) < 4.78 is 15.9. The predicted octanol–water partition coefficient (Wildman–Crippen LogP) is 3.95. The quantitative estimate of drug-likeness (QED) is 0.850. The smallest absolute Gasteiger partial charge is 0.213 e. The van der Waals surface area contributed by atoms with Crippen LogP contribution in [0.2, 0.25) is 0 Å². The van der Waals surface area contributed by atoms with Crippen molar-refractivity contribution in [1.29, 1.82) is 0 Å². The van der Waals surface area contributed by atoms with Crippen LogP contribution in [0.3, 0.4) is 0 Å². The van der Waals surface area contributed by atoms with Crippen LogP contribution in [0.15, 0.2) is 24.7 Å². The highest BCUT2D eigenvalue weighted by Gasteiger charge is 2.54. The Kier molecular flexibility index (Phi) is 3.04. The third-order valence-electron chi connectivity index (χ3n) is 7.72. The van der Waals surface area contributed by atoms with E-state index in [4.69, 9.17) is 0 Å². The van der Waals surface area contributed by atoms with E-state index in [1.807, 2.05) is 6.20 Å². The fourth-order valence-corrected chi connectivity index (χ4v) is 7.09. The molecule has 7 rings (SSSR count). The van der Waals surface area contributed by atoms with E-state index in [0.29, 0.717) is 6.42 Å². The van der Waals surface area contributed by atoms with Gasteiger partial charge in [-0.2, -0.15) is 4.39 Å². The van der Waals surface area contributed by atoms with Gasteiger partial charge >= 0.3 is 0 Å². The largest absolute Gasteiger partial charge is 0.392 e. The zero-order valence-electron chi connectivity index (χ0n) is 14.8. The van der Waals surface area contributed by atoms with Crippen LogP contribution in [0.25, 0.3) is 11.3 Å². The topological polar surface area (TPSA) is 50.9 Å². The molecule has 3 heterocycles. The molecule has 4 nitrogen and oxygen atoms in total. The van der Waals surface area contributed by atoms with E-state index in [2.05, 4.69) is 14.5 Å². The molecule has 2 unspecified atom stereocenters. The van der Waals surface area contributed by atoms with Gasteiger partial charge in [0.15, 0.2) is 0 Å². The van der Waals surface area contributed by atoms with Gasteiger partial charge in [-0.25, -0.2) is 9.97 Å². The Morgan fingerprint density at radius 2 is 1.85 bits per heavy atom. The highest BCUT2D eigenvalue weighted by atomic mass is 19.1. The van der Waals surface area contributed by atoms with Crippen molar-refractivity contribution in [1.82, 2.24) is 14.5 Å². The number of fused-ring (bicyclic) bond motifs is 3. The molecule has 0 amide bonds. The molecule has 4 aliphatic carbocycles. The second-order valence-electron chi connectivity index (χ2n) is 9.30. The molecule has 1 N–H and O–H groups in total. The van der Waals surface area contributed by atoms with Crippen molar-refractivity contribution in [3.05, 3.63) is 36.3 Å². The predicted molar refractivity (Wildman–Crippen MR) is 94.8 cm³/mol. The lowest BCUT2D eigenvalue weighted by molar-refractivity contribution is -0.124. The molecule has 0 spiro atoms. The highest BCUT2D eigenvalue weighted by Crippen LogP contribution is 2.62. The van der Waals surface area contributed by atoms with Gasteiger partial charge in [-0.3, -0.25) is 0 Å². The lowest BCUT2D eigenvalue weighted by Gasteiger charge is -2.58. The molecule has 5 aliphatic rings. The summed E-state index contributed by atoms with van der Waals surface area (Å²) in [5.41, 5.74) is 2.76. The fourth-order valence-electron chi connectivity index (χ4n) is 7.09. The molecule has 26 heavy (non-hydrogen) atoms. The van der Waals surface area contributed by atoms with Crippen molar-refractivity contribution >= 4 is 0 Å². The Morgan fingerprint density at radius 3 is 2.54 bits per heavy atom. The monoisotopic (exact) mass is 353 g/mol. The number of pyridine rings is 1. The van der Waals surface area contributed by atoms with Gasteiger partial charge in [0.1, 0.15) is 0 Å². The number of hydrogen-bond donors (Lipinski definition) is 1. The maximum absolute atomic E-state index is 13.8. The molecule has 0 saturated heterocycles. The van der Waals surface area contributed by atoms with Crippen molar-refractivity contribution in [2.45, 2.75) is 57.1 Å². The van der Waals surface area contributed by atoms with Crippen molar-refractivity contribution in [3.8, 4) is 11.3 Å². The normalized spacial score (nSPS) is 37.6. The molecule has 1 aliphatic heterocycles. The van der Waals surface area contributed by atoms with Crippen molar-refractivity contribution in [3.63, 3.8) is 0 Å². The number of aliphatic hydroxyl groups excluding tert-OH is 1. The van der Waals surface area contributed by atoms with Crippen LogP contribution in [0.5, 0.6) is 0 Å². The number of aliphatic hydroxyl groups is 1. The first kappa shape index (κ1) is 15.3. The van der Waals surface area contributed by atoms with Crippen LogP contribution in [0.1, 0.15) is 56.7 Å². The van der Waals surface area contributed by atoms with E-state index in [9.17, 15) is 9.50 Å². The molecule has 136 valence electrons. The first-order valence-electron chi connectivity index (χ1n) is 9.98. The van der Waals surface area contributed by atoms with E-state index in [0.717, 1.165) is 34.7 Å². The summed E-state index contributed by atoms with van der Waals surface area (Å²) in [5, 5.41) is 11.4. The number of nitrogens with zero attached hydrogens (tertiary/aromatic N) is 3. The van der Waals surface area contributed by atoms with Gasteiger partial charge in [0.2, 0.25) is 5.95 Å². The Bertz CT molecular complexity index is 841. The summed E-state index contributed by atoms with van der Waals surface area (Å²) in [5.74, 6) is 1.99. The molecule has 0 radical (unpaired) electrons. The summed E-state index contributed by atoms with van der Waals surface area (Å²) in [6.07, 6.45) is 11.5. The van der Waals surface area contributed by atoms with Crippen molar-refractivity contribution in [2.24, 2.45) is 23.2 Å². The molecular formula is C21H24FN3O. The third-order valence-corrected chi connectivity index (χ3v) is 7.72. The van der Waals surface area contributed by atoms with Crippen LogP contribution < -0.4 is 0 Å². The number of rotatable bonds is 3. The zero-order valence-corrected chi connectivity index (χ0v) is 14.8. The standard InChI is InChI=1S/C21H24FN3O/c22-19-2-1-15-17-10-23-11-25(17)16(20(15)24-19)6-18(26)21-7-12-3-13(8-21)5-14(4-12)9-21/h1-2,10-14,16,18,26H,3-9H2. The Hall–Kier alpha value is -1.75. The molecule has 5 heteroatoms. The summed E-state index contributed by atoms with van der Waals surface area (Å²) in [6.45, 7) is 0. The van der Waals surface area contributed by atoms with Crippen LogP contribution >= 0.6 is 0 Å². The second-order valence-corrected chi connectivity index (χ2v) is 9.30. The van der Waals surface area contributed by atoms with Crippen molar-refractivity contribution in [2.75, 3.05) is 0 Å². The van der Waals surface area contributed by atoms with Gasteiger partial charge in [-0.05, 0) is 73.8 Å². The average molecular weight is 353 g/mol. The highest BCUT2D eigenvalue weighted by molar-refractivity contribution is 5.67. The van der Waals surface area contributed by atoms with Crippen LogP contribution in [0.4, 0.5) is 4.39 Å². The van der Waals surface area contributed by atoms with E-state index < -0.39 is 5.95 Å². The minimum Gasteiger partial charge on any atom is -0.392 e. The van der Waals surface area contributed by atoms with Gasteiger partial charge in [-0.15, -0.1) is 0 Å². The number of halogens is 1. The Morgan fingerprint density at radius 1 is 1.15 bits per heavy atom. The zero-order chi connectivity index (χ0) is 17.5. The first-order valence-corrected chi connectivity index (χ1v) is 9.98. The molecule has 4 fully saturated rings. The lowest BCUT2D eigenvalue weighted by atomic mass is 9.48. The number of hydrogen-bond acceptors (Lipinski definition) is 3. The minimum atomic E-state index is -0.447. The summed E-state index contributed by atoms with van der Waals surface area (Å²) in [6, 6.07) is 3.09. The molecule has 0 aromatic carbocycles. The van der Waals surface area contributed by atoms with E-state index in [-0.39, 0.29) is 17.6 Å². The molecule has 2 atom stereocenters. The van der Waals surface area contributed by atoms with Gasteiger partial charge in [0.25, 0.3) is 0 Å². The van der Waals surface area contributed by atoms with E-state index >= 15 is 0 Å². The SMILES string of the molecule is OC(CC1c2nc(F)ccc2-c2cncn21)C12CC3CC(CC(C3)C1)C2. The van der Waals surface area contributed by atoms with Crippen LogP contribution in [-0.2, 0) is 0 Å². The second kappa shape index (κ2) is 5.16. The van der Waals surface area contributed by atoms with Crippen LogP contribution in [0, 0.1) is 29.1 Å². The van der Waals surface area contributed by atoms with Crippen molar-refractivity contribution < 1.29 is 9.50 Å². The van der Waals surface area contributed by atoms with Gasteiger partial charge in [-0.1, -0.05) is 0 Å². The average Bonchev–Trinajstić information content (AvgIpc) is 3.16. The number of imidazole rings is 1. The fraction of sp³-hybridized carbons (Fsp3) is 0.619. The molecule has 4 bridgehead atoms. The molecule has 4 saturated carbocycles. The molecular weight excluding hydrogens is 329 g/mol. The maximum atomic E-state index is 13.8. The van der Waals surface area contributed by atoms with E-state index in [1.54, 1.807) is 12.4 Å². The molecule has 2 aromatic heterocycles.